The number of fused-ring (bicyclic) bond motifs is 2. The van der Waals surface area contributed by atoms with Crippen LogP contribution < -0.4 is 25.0 Å². The van der Waals surface area contributed by atoms with Crippen molar-refractivity contribution < 1.29 is 23.4 Å². The van der Waals surface area contributed by atoms with Gasteiger partial charge in [-0.25, -0.2) is 0 Å². The molecule has 5 rings (SSSR count). The van der Waals surface area contributed by atoms with Gasteiger partial charge in [-0.15, -0.1) is 0 Å². The number of hydrogen-bond donors (Lipinski definition) is 1. The molecule has 172 valence electrons. The third-order valence-electron chi connectivity index (χ3n) is 5.59. The second-order valence-electron chi connectivity index (χ2n) is 7.99. The van der Waals surface area contributed by atoms with Gasteiger partial charge in [0.15, 0.2) is 17.6 Å². The number of amides is 1. The minimum atomic E-state index is -0.790. The molecule has 2 heterocycles. The van der Waals surface area contributed by atoms with E-state index in [9.17, 15) is 9.59 Å². The highest BCUT2D eigenvalue weighted by atomic mass is 16.6. The second kappa shape index (κ2) is 8.94. The van der Waals surface area contributed by atoms with Crippen LogP contribution in [0.1, 0.15) is 12.7 Å². The van der Waals surface area contributed by atoms with Crippen LogP contribution in [0.2, 0.25) is 0 Å². The summed E-state index contributed by atoms with van der Waals surface area (Å²) in [4.78, 5) is 25.8. The molecule has 4 aromatic rings. The van der Waals surface area contributed by atoms with Crippen molar-refractivity contribution in [3.63, 3.8) is 0 Å². The lowest BCUT2D eigenvalue weighted by molar-refractivity contribution is -0.122. The van der Waals surface area contributed by atoms with Crippen molar-refractivity contribution in [3.05, 3.63) is 82.7 Å². The molecule has 0 radical (unpaired) electrons. The molecular formula is C27H23NO6. The first-order chi connectivity index (χ1) is 16.5. The molecular weight excluding hydrogens is 434 g/mol. The Labute approximate surface area is 195 Å². The Morgan fingerprint density at radius 1 is 0.971 bits per heavy atom. The van der Waals surface area contributed by atoms with Crippen molar-refractivity contribution in [2.75, 3.05) is 18.5 Å². The van der Waals surface area contributed by atoms with Gasteiger partial charge in [0.2, 0.25) is 5.43 Å². The number of nitrogens with one attached hydrogen (secondary N) is 1. The first-order valence-electron chi connectivity index (χ1n) is 11.0. The molecule has 0 saturated heterocycles. The van der Waals surface area contributed by atoms with Gasteiger partial charge in [-0.1, -0.05) is 30.3 Å². The lowest BCUT2D eigenvalue weighted by atomic mass is 10.0. The van der Waals surface area contributed by atoms with Gasteiger partial charge in [0, 0.05) is 17.8 Å². The van der Waals surface area contributed by atoms with Gasteiger partial charge >= 0.3 is 0 Å². The zero-order valence-corrected chi connectivity index (χ0v) is 18.8. The minimum Gasteiger partial charge on any atom is -0.486 e. The molecule has 1 aromatic heterocycles. The highest BCUT2D eigenvalue weighted by Crippen LogP contribution is 2.33. The van der Waals surface area contributed by atoms with Gasteiger partial charge in [-0.05, 0) is 43.7 Å². The fourth-order valence-corrected chi connectivity index (χ4v) is 3.92. The number of carbonyl (C=O) groups excluding carboxylic acids is 1. The zero-order chi connectivity index (χ0) is 23.7. The van der Waals surface area contributed by atoms with Gasteiger partial charge in [-0.2, -0.15) is 0 Å². The molecule has 1 aliphatic heterocycles. The van der Waals surface area contributed by atoms with Crippen molar-refractivity contribution in [2.45, 2.75) is 20.0 Å². The van der Waals surface area contributed by atoms with Crippen LogP contribution in [0.25, 0.3) is 22.1 Å². The molecule has 34 heavy (non-hydrogen) atoms. The molecule has 1 N–H and O–H groups in total. The van der Waals surface area contributed by atoms with E-state index in [0.29, 0.717) is 58.4 Å². The van der Waals surface area contributed by atoms with E-state index in [1.54, 1.807) is 50.2 Å². The second-order valence-corrected chi connectivity index (χ2v) is 7.99. The fraction of sp³-hybridized carbons (Fsp3) is 0.185. The largest absolute Gasteiger partial charge is 0.486 e. The molecule has 1 atom stereocenters. The fourth-order valence-electron chi connectivity index (χ4n) is 3.92. The SMILES string of the molecule is Cc1oc2cc(OC(C)C(=O)Nc3ccc4c(c3)OCCO4)ccc2c(=O)c1-c1ccccc1. The van der Waals surface area contributed by atoms with Gasteiger partial charge in [0.05, 0.1) is 10.9 Å². The normalized spacial score (nSPS) is 13.4. The Morgan fingerprint density at radius 3 is 2.53 bits per heavy atom. The quantitative estimate of drug-likeness (QED) is 0.457. The molecule has 1 aliphatic rings. The molecule has 7 nitrogen and oxygen atoms in total. The van der Waals surface area contributed by atoms with E-state index >= 15 is 0 Å². The molecule has 0 spiro atoms. The van der Waals surface area contributed by atoms with Crippen molar-refractivity contribution in [2.24, 2.45) is 0 Å². The Kier molecular flexibility index (Phi) is 5.67. The molecule has 0 bridgehead atoms. The van der Waals surface area contributed by atoms with Crippen LogP contribution in [0.4, 0.5) is 5.69 Å². The Balaban J connectivity index is 1.34. The molecule has 0 fully saturated rings. The van der Waals surface area contributed by atoms with Crippen LogP contribution in [0.5, 0.6) is 17.2 Å². The van der Waals surface area contributed by atoms with Crippen LogP contribution in [-0.4, -0.2) is 25.2 Å². The molecule has 0 aliphatic carbocycles. The van der Waals surface area contributed by atoms with Crippen molar-refractivity contribution in [1.29, 1.82) is 0 Å². The number of ether oxygens (including phenoxy) is 3. The third-order valence-corrected chi connectivity index (χ3v) is 5.59. The maximum absolute atomic E-state index is 13.1. The maximum Gasteiger partial charge on any atom is 0.265 e. The van der Waals surface area contributed by atoms with Crippen LogP contribution in [0.15, 0.2) is 75.9 Å². The van der Waals surface area contributed by atoms with E-state index < -0.39 is 6.10 Å². The average molecular weight is 457 g/mol. The summed E-state index contributed by atoms with van der Waals surface area (Å²) < 4.78 is 22.8. The van der Waals surface area contributed by atoms with Crippen molar-refractivity contribution >= 4 is 22.6 Å². The smallest absolute Gasteiger partial charge is 0.265 e. The summed E-state index contributed by atoms with van der Waals surface area (Å²) >= 11 is 0. The minimum absolute atomic E-state index is 0.110. The highest BCUT2D eigenvalue weighted by molar-refractivity contribution is 5.94. The summed E-state index contributed by atoms with van der Waals surface area (Å²) in [5.74, 6) is 1.86. The number of aryl methyl sites for hydroxylation is 1. The maximum atomic E-state index is 13.1. The number of carbonyl (C=O) groups is 1. The van der Waals surface area contributed by atoms with E-state index in [1.165, 1.54) is 0 Å². The van der Waals surface area contributed by atoms with Gasteiger partial charge in [0.25, 0.3) is 5.91 Å². The summed E-state index contributed by atoms with van der Waals surface area (Å²) in [5.41, 5.74) is 2.22. The average Bonchev–Trinajstić information content (AvgIpc) is 2.84. The molecule has 1 unspecified atom stereocenters. The van der Waals surface area contributed by atoms with Crippen LogP contribution in [0, 0.1) is 6.92 Å². The summed E-state index contributed by atoms with van der Waals surface area (Å²) in [7, 11) is 0. The van der Waals surface area contributed by atoms with E-state index in [-0.39, 0.29) is 11.3 Å². The topological polar surface area (TPSA) is 87.0 Å². The predicted molar refractivity (Wildman–Crippen MR) is 129 cm³/mol. The Hall–Kier alpha value is -4.26. The van der Waals surface area contributed by atoms with Crippen LogP contribution >= 0.6 is 0 Å². The highest BCUT2D eigenvalue weighted by Gasteiger charge is 2.19. The number of hydrogen-bond acceptors (Lipinski definition) is 6. The summed E-state index contributed by atoms with van der Waals surface area (Å²) in [6.07, 6.45) is -0.790. The van der Waals surface area contributed by atoms with Crippen molar-refractivity contribution in [3.8, 4) is 28.4 Å². The number of benzene rings is 3. The van der Waals surface area contributed by atoms with Crippen LogP contribution in [-0.2, 0) is 4.79 Å². The predicted octanol–water partition coefficient (Wildman–Crippen LogP) is 4.95. The number of anilines is 1. The van der Waals surface area contributed by atoms with Gasteiger partial charge in [0.1, 0.15) is 30.3 Å². The Bertz CT molecular complexity index is 1430. The van der Waals surface area contributed by atoms with Gasteiger partial charge in [-0.3, -0.25) is 9.59 Å². The first-order valence-corrected chi connectivity index (χ1v) is 11.0. The van der Waals surface area contributed by atoms with E-state index in [2.05, 4.69) is 5.32 Å². The lowest BCUT2D eigenvalue weighted by Gasteiger charge is -2.20. The lowest BCUT2D eigenvalue weighted by Crippen LogP contribution is -2.30. The zero-order valence-electron chi connectivity index (χ0n) is 18.8. The third kappa shape index (κ3) is 4.20. The monoisotopic (exact) mass is 457 g/mol. The Morgan fingerprint density at radius 2 is 1.74 bits per heavy atom. The van der Waals surface area contributed by atoms with Crippen LogP contribution in [0.3, 0.4) is 0 Å². The summed E-state index contributed by atoms with van der Waals surface area (Å²) in [6, 6.07) is 19.6. The molecule has 7 heteroatoms. The standard InChI is InChI=1S/C27H23NO6/c1-16-25(18-6-4-3-5-7-18)26(29)21-10-9-20(15-23(21)34-16)33-17(2)27(30)28-19-8-11-22-24(14-19)32-13-12-31-22/h3-11,14-15,17H,12-13H2,1-2H3,(H,28,30). The first kappa shape index (κ1) is 21.6. The molecule has 0 saturated carbocycles. The van der Waals surface area contributed by atoms with E-state index in [4.69, 9.17) is 18.6 Å². The summed E-state index contributed by atoms with van der Waals surface area (Å²) in [6.45, 7) is 4.38. The van der Waals surface area contributed by atoms with Gasteiger partial charge < -0.3 is 23.9 Å². The molecule has 1 amide bonds. The number of rotatable bonds is 5. The van der Waals surface area contributed by atoms with E-state index in [0.717, 1.165) is 5.56 Å². The summed E-state index contributed by atoms with van der Waals surface area (Å²) in [5, 5.41) is 3.27. The molecule has 3 aromatic carbocycles. The van der Waals surface area contributed by atoms with E-state index in [1.807, 2.05) is 30.3 Å². The van der Waals surface area contributed by atoms with Crippen molar-refractivity contribution in [1.82, 2.24) is 0 Å².